The van der Waals surface area contributed by atoms with Crippen molar-refractivity contribution in [2.45, 2.75) is 24.7 Å². The molecule has 1 aliphatic carbocycles. The summed E-state index contributed by atoms with van der Waals surface area (Å²) in [6, 6.07) is 2.24. The molecule has 1 N–H and O–H groups in total. The molecule has 1 aliphatic rings. The van der Waals surface area contributed by atoms with Crippen molar-refractivity contribution in [3.63, 3.8) is 0 Å². The maximum absolute atomic E-state index is 12.6. The van der Waals surface area contributed by atoms with Crippen LogP contribution in [-0.4, -0.2) is 43.9 Å². The van der Waals surface area contributed by atoms with Crippen LogP contribution in [0.25, 0.3) is 0 Å². The number of ketones is 2. The molecule has 0 bridgehead atoms. The van der Waals surface area contributed by atoms with E-state index in [2.05, 4.69) is 0 Å². The van der Waals surface area contributed by atoms with Gasteiger partial charge in [0.25, 0.3) is 0 Å². The maximum atomic E-state index is 12.6. The number of carbonyl (C=O) groups is 3. The van der Waals surface area contributed by atoms with E-state index >= 15 is 0 Å². The lowest BCUT2D eigenvalue weighted by molar-refractivity contribution is -0.144. The fourth-order valence-electron chi connectivity index (χ4n) is 2.42. The van der Waals surface area contributed by atoms with Crippen LogP contribution in [0, 0.1) is 11.8 Å². The summed E-state index contributed by atoms with van der Waals surface area (Å²) in [5.74, 6) is -5.69. The Morgan fingerprint density at radius 2 is 1.92 bits per heavy atom. The van der Waals surface area contributed by atoms with E-state index in [9.17, 15) is 27.9 Å². The van der Waals surface area contributed by atoms with E-state index in [0.29, 0.717) is 12.8 Å². The van der Waals surface area contributed by atoms with Crippen molar-refractivity contribution >= 4 is 39.0 Å². The van der Waals surface area contributed by atoms with Gasteiger partial charge < -0.3 is 9.84 Å². The lowest BCUT2D eigenvalue weighted by Crippen LogP contribution is -2.33. The summed E-state index contributed by atoms with van der Waals surface area (Å²) in [5.41, 5.74) is -0.251. The van der Waals surface area contributed by atoms with E-state index in [4.69, 9.17) is 16.3 Å². The summed E-state index contributed by atoms with van der Waals surface area (Å²) in [5, 5.41) is 8.97. The minimum absolute atomic E-state index is 0.0866. The van der Waals surface area contributed by atoms with Crippen molar-refractivity contribution in [1.29, 1.82) is 0 Å². The molecule has 136 valence electrons. The van der Waals surface area contributed by atoms with Crippen LogP contribution in [-0.2, 0) is 19.4 Å². The number of aliphatic carboxylic acids is 1. The number of benzene rings is 1. The Labute approximate surface area is 149 Å². The fraction of sp³-hybridized carbons (Fsp3) is 0.438. The molecule has 0 radical (unpaired) electrons. The minimum Gasteiger partial charge on any atom is -0.491 e. The number of carbonyl (C=O) groups excluding carboxylic acids is 2. The van der Waals surface area contributed by atoms with Crippen LogP contribution in [0.15, 0.2) is 17.0 Å². The van der Waals surface area contributed by atoms with E-state index < -0.39 is 39.2 Å². The van der Waals surface area contributed by atoms with Crippen LogP contribution < -0.4 is 4.74 Å². The average molecular weight is 389 g/mol. The van der Waals surface area contributed by atoms with Gasteiger partial charge in [0, 0.05) is 17.7 Å². The number of hydrogen-bond acceptors (Lipinski definition) is 6. The normalized spacial score (nSPS) is 15.5. The van der Waals surface area contributed by atoms with Gasteiger partial charge in [0.2, 0.25) is 0 Å². The lowest BCUT2D eigenvalue weighted by Gasteiger charge is -2.16. The predicted molar refractivity (Wildman–Crippen MR) is 88.9 cm³/mol. The SMILES string of the molecule is CCOc1c(S(C)(=O)=O)ccc(C(=O)C(C(=O)O)C(=O)C2CC2)c1Cl. The number of hydrogen-bond donors (Lipinski definition) is 1. The van der Waals surface area contributed by atoms with E-state index in [1.165, 1.54) is 0 Å². The number of carboxylic acid groups (broad SMARTS) is 1. The van der Waals surface area contributed by atoms with Gasteiger partial charge in [0.05, 0.1) is 11.6 Å². The molecule has 1 atom stereocenters. The van der Waals surface area contributed by atoms with Crippen molar-refractivity contribution < 1.29 is 32.6 Å². The molecular formula is C16H17ClO7S. The lowest BCUT2D eigenvalue weighted by atomic mass is 9.91. The van der Waals surface area contributed by atoms with Gasteiger partial charge >= 0.3 is 5.97 Å². The number of sulfone groups is 1. The molecule has 0 spiro atoms. The highest BCUT2D eigenvalue weighted by atomic mass is 35.5. The fourth-order valence-corrected chi connectivity index (χ4v) is 3.60. The minimum atomic E-state index is -3.68. The number of ether oxygens (including phenoxy) is 1. The molecule has 1 unspecified atom stereocenters. The molecule has 9 heteroatoms. The number of carboxylic acids is 1. The summed E-state index contributed by atoms with van der Waals surface area (Å²) in [7, 11) is -3.68. The van der Waals surface area contributed by atoms with Crippen molar-refractivity contribution in [3.05, 3.63) is 22.7 Å². The molecule has 0 aromatic heterocycles. The molecule has 0 aliphatic heterocycles. The Morgan fingerprint density at radius 3 is 2.36 bits per heavy atom. The topological polar surface area (TPSA) is 115 Å². The second-order valence-electron chi connectivity index (χ2n) is 5.77. The van der Waals surface area contributed by atoms with Crippen molar-refractivity contribution in [3.8, 4) is 5.75 Å². The summed E-state index contributed by atoms with van der Waals surface area (Å²) in [4.78, 5) is 36.0. The third kappa shape index (κ3) is 4.01. The molecule has 1 aromatic carbocycles. The number of Topliss-reactive ketones (excluding diaryl/α,β-unsaturated/α-hetero) is 2. The summed E-state index contributed by atoms with van der Waals surface area (Å²) in [6.45, 7) is 1.69. The Hall–Kier alpha value is -1.93. The van der Waals surface area contributed by atoms with Crippen LogP contribution in [0.2, 0.25) is 5.02 Å². The molecule has 1 aromatic rings. The summed E-state index contributed by atoms with van der Waals surface area (Å²) >= 11 is 6.13. The third-order valence-electron chi connectivity index (χ3n) is 3.79. The molecule has 25 heavy (non-hydrogen) atoms. The second kappa shape index (κ2) is 7.13. The molecule has 7 nitrogen and oxygen atoms in total. The third-order valence-corrected chi connectivity index (χ3v) is 5.28. The van der Waals surface area contributed by atoms with Crippen molar-refractivity contribution in [2.24, 2.45) is 11.8 Å². The Kier molecular flexibility index (Phi) is 5.53. The molecule has 1 saturated carbocycles. The maximum Gasteiger partial charge on any atom is 0.322 e. The first kappa shape index (κ1) is 19.4. The van der Waals surface area contributed by atoms with E-state index in [0.717, 1.165) is 18.4 Å². The van der Waals surface area contributed by atoms with Crippen molar-refractivity contribution in [1.82, 2.24) is 0 Å². The zero-order valence-electron chi connectivity index (χ0n) is 13.6. The predicted octanol–water partition coefficient (Wildman–Crippen LogP) is 2.00. The summed E-state index contributed by atoms with van der Waals surface area (Å²) in [6.07, 6.45) is 2.07. The van der Waals surface area contributed by atoms with Gasteiger partial charge in [-0.15, -0.1) is 0 Å². The first-order valence-electron chi connectivity index (χ1n) is 7.55. The Bertz CT molecular complexity index is 840. The average Bonchev–Trinajstić information content (AvgIpc) is 3.32. The number of rotatable bonds is 8. The molecular weight excluding hydrogens is 372 g/mol. The van der Waals surface area contributed by atoms with Gasteiger partial charge in [0.1, 0.15) is 4.90 Å². The highest BCUT2D eigenvalue weighted by Crippen LogP contribution is 2.38. The van der Waals surface area contributed by atoms with Crippen LogP contribution >= 0.6 is 11.6 Å². The van der Waals surface area contributed by atoms with Gasteiger partial charge in [-0.3, -0.25) is 14.4 Å². The Morgan fingerprint density at radius 1 is 1.32 bits per heavy atom. The monoisotopic (exact) mass is 388 g/mol. The number of halogens is 1. The van der Waals surface area contributed by atoms with Gasteiger partial charge in [-0.05, 0) is 31.9 Å². The van der Waals surface area contributed by atoms with Crippen LogP contribution in [0.3, 0.4) is 0 Å². The largest absolute Gasteiger partial charge is 0.491 e. The highest BCUT2D eigenvalue weighted by Gasteiger charge is 2.43. The van der Waals surface area contributed by atoms with Crippen LogP contribution in [0.4, 0.5) is 0 Å². The molecule has 1 fully saturated rings. The molecule has 0 heterocycles. The van der Waals surface area contributed by atoms with Gasteiger partial charge in [0.15, 0.2) is 33.1 Å². The quantitative estimate of drug-likeness (QED) is 0.535. The zero-order valence-corrected chi connectivity index (χ0v) is 15.2. The van der Waals surface area contributed by atoms with Gasteiger partial charge in [-0.25, -0.2) is 8.42 Å². The first-order valence-corrected chi connectivity index (χ1v) is 9.82. The summed E-state index contributed by atoms with van der Waals surface area (Å²) < 4.78 is 28.9. The molecule has 0 amide bonds. The molecule has 2 rings (SSSR count). The van der Waals surface area contributed by atoms with E-state index in [1.54, 1.807) is 6.92 Å². The van der Waals surface area contributed by atoms with E-state index in [-0.39, 0.29) is 27.8 Å². The van der Waals surface area contributed by atoms with Gasteiger partial charge in [-0.1, -0.05) is 11.6 Å². The van der Waals surface area contributed by atoms with Gasteiger partial charge in [-0.2, -0.15) is 0 Å². The zero-order chi connectivity index (χ0) is 18.9. The highest BCUT2D eigenvalue weighted by molar-refractivity contribution is 7.90. The van der Waals surface area contributed by atoms with Crippen molar-refractivity contribution in [2.75, 3.05) is 12.9 Å². The van der Waals surface area contributed by atoms with Crippen LogP contribution in [0.1, 0.15) is 30.1 Å². The van der Waals surface area contributed by atoms with E-state index in [1.807, 2.05) is 0 Å². The van der Waals surface area contributed by atoms with Crippen LogP contribution in [0.5, 0.6) is 5.75 Å². The first-order chi connectivity index (χ1) is 11.6. The standard InChI is InChI=1S/C16H17ClO7S/c1-3-24-15-10(25(2,22)23)7-6-9(12(15)17)14(19)11(16(20)21)13(18)8-4-5-8/h6-8,11H,3-5H2,1-2H3,(H,20,21). The molecule has 0 saturated heterocycles. The smallest absolute Gasteiger partial charge is 0.322 e. The second-order valence-corrected chi connectivity index (χ2v) is 8.13. The Balaban J connectivity index is 2.54.